The average Bonchev–Trinajstić information content (AvgIpc) is 2.55. The maximum Gasteiger partial charge on any atom is 0.373 e. The number of hydrogen-bond donors (Lipinski definition) is 7. The van der Waals surface area contributed by atoms with E-state index in [9.17, 15) is 14.4 Å². The zero-order valence-corrected chi connectivity index (χ0v) is 14.4. The molecule has 11 N–H and O–H groups in total. The van der Waals surface area contributed by atoms with E-state index >= 15 is 0 Å². The normalized spacial score (nSPS) is 12.8. The molecule has 12 heteroatoms. The topological polar surface area (TPSA) is 250 Å². The van der Waals surface area contributed by atoms with Crippen LogP contribution in [0.5, 0.6) is 0 Å². The molecular formula is C14H28N4O8. The fourth-order valence-electron chi connectivity index (χ4n) is 1.44. The fraction of sp³-hybridized carbons (Fsp3) is 0.714. The largest absolute Gasteiger partial charge is 0.480 e. The molecule has 0 radical (unpaired) electrons. The van der Waals surface area contributed by atoms with Gasteiger partial charge in [-0.1, -0.05) is 6.42 Å². The van der Waals surface area contributed by atoms with Gasteiger partial charge in [0, 0.05) is 0 Å². The van der Waals surface area contributed by atoms with Crippen LogP contribution >= 0.6 is 0 Å². The summed E-state index contributed by atoms with van der Waals surface area (Å²) < 4.78 is 0. The van der Waals surface area contributed by atoms with Crippen LogP contribution in [-0.4, -0.2) is 64.0 Å². The molecule has 0 amide bonds. The van der Waals surface area contributed by atoms with Gasteiger partial charge >= 0.3 is 24.1 Å². The molecule has 152 valence electrons. The molecule has 0 rings (SSSR count). The molecular weight excluding hydrogens is 352 g/mol. The first-order chi connectivity index (χ1) is 12.0. The second kappa shape index (κ2) is 19.0. The summed E-state index contributed by atoms with van der Waals surface area (Å²) in [7, 11) is 0. The number of unbranched alkanes of at least 4 members (excludes halogenated alkanes) is 1. The Morgan fingerprint density at radius 1 is 0.692 bits per heavy atom. The van der Waals surface area contributed by atoms with E-state index in [4.69, 9.17) is 47.8 Å². The van der Waals surface area contributed by atoms with E-state index in [1.165, 1.54) is 0 Å². The molecule has 12 nitrogen and oxygen atoms in total. The minimum Gasteiger partial charge on any atom is -0.480 e. The third-order valence-corrected chi connectivity index (χ3v) is 2.95. The van der Waals surface area contributed by atoms with Crippen molar-refractivity contribution in [1.82, 2.24) is 0 Å². The van der Waals surface area contributed by atoms with Gasteiger partial charge in [-0.25, -0.2) is 0 Å². The molecule has 3 atom stereocenters. The molecule has 0 aliphatic carbocycles. The maximum atomic E-state index is 10.2. The first-order valence-corrected chi connectivity index (χ1v) is 7.69. The van der Waals surface area contributed by atoms with E-state index in [0.717, 1.165) is 12.8 Å². The summed E-state index contributed by atoms with van der Waals surface area (Å²) in [5.74, 6) is -3.09. The van der Waals surface area contributed by atoms with Crippen molar-refractivity contribution in [3.05, 3.63) is 0 Å². The third-order valence-electron chi connectivity index (χ3n) is 2.95. The second-order valence-corrected chi connectivity index (χ2v) is 5.13. The summed E-state index contributed by atoms with van der Waals surface area (Å²) in [5.41, 5.74) is 20.8. The minimum absolute atomic E-state index is 0.246. The molecule has 0 aliphatic rings. The zero-order valence-electron chi connectivity index (χ0n) is 14.4. The molecule has 0 saturated heterocycles. The van der Waals surface area contributed by atoms with Gasteiger partial charge in [0.2, 0.25) is 0 Å². The highest BCUT2D eigenvalue weighted by Gasteiger charge is 2.14. The SMILES string of the molecule is NCCCC[C@H](N)C(=O)O.N[C@H](CCC[C@H](N)C(=O)O)C(=O)O.O=C=O. The van der Waals surface area contributed by atoms with E-state index in [1.54, 1.807) is 0 Å². The van der Waals surface area contributed by atoms with Crippen LogP contribution in [0.4, 0.5) is 0 Å². The van der Waals surface area contributed by atoms with Gasteiger partial charge in [0.1, 0.15) is 18.1 Å². The molecule has 0 aromatic carbocycles. The molecule has 0 spiro atoms. The zero-order chi connectivity index (χ0) is 21.1. The van der Waals surface area contributed by atoms with Crippen molar-refractivity contribution >= 4 is 24.1 Å². The van der Waals surface area contributed by atoms with Crippen LogP contribution in [-0.2, 0) is 24.0 Å². The van der Waals surface area contributed by atoms with Crippen molar-refractivity contribution in [3.63, 3.8) is 0 Å². The van der Waals surface area contributed by atoms with Gasteiger partial charge in [-0.15, -0.1) is 0 Å². The first-order valence-electron chi connectivity index (χ1n) is 7.69. The highest BCUT2D eigenvalue weighted by atomic mass is 16.4. The Hall–Kier alpha value is -2.37. The lowest BCUT2D eigenvalue weighted by molar-refractivity contribution is -0.191. The Morgan fingerprint density at radius 2 is 0.962 bits per heavy atom. The molecule has 0 unspecified atom stereocenters. The molecule has 0 heterocycles. The lowest BCUT2D eigenvalue weighted by Crippen LogP contribution is -2.33. The van der Waals surface area contributed by atoms with Crippen molar-refractivity contribution in [1.29, 1.82) is 0 Å². The number of carboxylic acids is 3. The van der Waals surface area contributed by atoms with Gasteiger partial charge in [-0.3, -0.25) is 14.4 Å². The molecule has 26 heavy (non-hydrogen) atoms. The lowest BCUT2D eigenvalue weighted by Gasteiger charge is -2.07. The van der Waals surface area contributed by atoms with Crippen LogP contribution in [0.2, 0.25) is 0 Å². The third kappa shape index (κ3) is 21.6. The standard InChI is InChI=1S/C7H14N2O4.C6H14N2O2.CO2/c8-4(6(10)11)2-1-3-5(9)7(12)13;7-4-2-1-3-5(8)6(9)10;2-1-3/h4-5H,1-3,8-9H2,(H,10,11)(H,12,13);5H,1-4,7-8H2,(H,9,10);/t4-,5+;5-;/m.0./s1. The van der Waals surface area contributed by atoms with Crippen molar-refractivity contribution in [2.75, 3.05) is 6.54 Å². The molecule has 0 saturated carbocycles. The van der Waals surface area contributed by atoms with Gasteiger partial charge in [0.05, 0.1) is 0 Å². The monoisotopic (exact) mass is 380 g/mol. The quantitative estimate of drug-likeness (QED) is 0.191. The van der Waals surface area contributed by atoms with Crippen LogP contribution in [0.1, 0.15) is 38.5 Å². The van der Waals surface area contributed by atoms with E-state index in [2.05, 4.69) is 0 Å². The summed E-state index contributed by atoms with van der Waals surface area (Å²) in [5, 5.41) is 25.1. The molecule has 0 fully saturated rings. The van der Waals surface area contributed by atoms with Gasteiger partial charge in [0.25, 0.3) is 0 Å². The minimum atomic E-state index is -1.08. The van der Waals surface area contributed by atoms with Crippen LogP contribution in [0.25, 0.3) is 0 Å². The number of carbonyl (C=O) groups is 3. The summed E-state index contributed by atoms with van der Waals surface area (Å²) >= 11 is 0. The Bertz CT molecular complexity index is 421. The van der Waals surface area contributed by atoms with E-state index < -0.39 is 36.0 Å². The molecule has 0 bridgehead atoms. The van der Waals surface area contributed by atoms with Gasteiger partial charge in [0.15, 0.2) is 0 Å². The van der Waals surface area contributed by atoms with Crippen LogP contribution in [0.3, 0.4) is 0 Å². The number of aliphatic carboxylic acids is 3. The highest BCUT2D eigenvalue weighted by molar-refractivity contribution is 5.74. The summed E-state index contributed by atoms with van der Waals surface area (Å²) in [6, 6.07) is -2.58. The second-order valence-electron chi connectivity index (χ2n) is 5.13. The van der Waals surface area contributed by atoms with Crippen LogP contribution < -0.4 is 22.9 Å². The number of hydrogen-bond acceptors (Lipinski definition) is 9. The highest BCUT2D eigenvalue weighted by Crippen LogP contribution is 2.02. The van der Waals surface area contributed by atoms with Crippen molar-refractivity contribution < 1.29 is 39.3 Å². The van der Waals surface area contributed by atoms with Crippen molar-refractivity contribution in [2.24, 2.45) is 22.9 Å². The van der Waals surface area contributed by atoms with Gasteiger partial charge in [-0.05, 0) is 38.6 Å². The van der Waals surface area contributed by atoms with Crippen molar-refractivity contribution in [2.45, 2.75) is 56.7 Å². The molecule has 0 aromatic rings. The summed E-state index contributed by atoms with van der Waals surface area (Å²) in [6.07, 6.45) is 3.31. The number of carbonyl (C=O) groups excluding carboxylic acids is 2. The van der Waals surface area contributed by atoms with Crippen LogP contribution in [0, 0.1) is 0 Å². The Kier molecular flexibility index (Phi) is 20.7. The number of carboxylic acid groups (broad SMARTS) is 3. The Balaban J connectivity index is -0.000000362. The number of nitrogens with two attached hydrogens (primary N) is 4. The van der Waals surface area contributed by atoms with Gasteiger partial charge in [-0.2, -0.15) is 9.59 Å². The van der Waals surface area contributed by atoms with Crippen LogP contribution in [0.15, 0.2) is 0 Å². The molecule has 0 aliphatic heterocycles. The lowest BCUT2D eigenvalue weighted by atomic mass is 10.1. The van der Waals surface area contributed by atoms with Crippen molar-refractivity contribution in [3.8, 4) is 0 Å². The maximum absolute atomic E-state index is 10.2. The summed E-state index contributed by atoms with van der Waals surface area (Å²) in [6.45, 7) is 0.604. The average molecular weight is 380 g/mol. The fourth-order valence-corrected chi connectivity index (χ4v) is 1.44. The smallest absolute Gasteiger partial charge is 0.373 e. The summed E-state index contributed by atoms with van der Waals surface area (Å²) in [4.78, 5) is 46.9. The Labute approximate surface area is 150 Å². The van der Waals surface area contributed by atoms with E-state index in [1.807, 2.05) is 0 Å². The Morgan fingerprint density at radius 3 is 1.19 bits per heavy atom. The predicted octanol–water partition coefficient (Wildman–Crippen LogP) is -2.08. The molecule has 0 aromatic heterocycles. The predicted molar refractivity (Wildman–Crippen MR) is 88.6 cm³/mol. The first kappa shape index (κ1) is 28.4. The van der Waals surface area contributed by atoms with E-state index in [-0.39, 0.29) is 19.0 Å². The number of rotatable bonds is 11. The van der Waals surface area contributed by atoms with E-state index in [0.29, 0.717) is 19.4 Å². The van der Waals surface area contributed by atoms with Gasteiger partial charge < -0.3 is 38.3 Å².